The molecule has 9 heteroatoms. The van der Waals surface area contributed by atoms with E-state index in [4.69, 9.17) is 16.2 Å². The van der Waals surface area contributed by atoms with Gasteiger partial charge in [-0.2, -0.15) is 0 Å². The van der Waals surface area contributed by atoms with Gasteiger partial charge in [0, 0.05) is 44.8 Å². The molecule has 1 heterocycles. The molecule has 1 fully saturated rings. The summed E-state index contributed by atoms with van der Waals surface area (Å²) in [6.45, 7) is 5.17. The van der Waals surface area contributed by atoms with Gasteiger partial charge >= 0.3 is 5.97 Å². The number of hydrogen-bond acceptors (Lipinski definition) is 6. The van der Waals surface area contributed by atoms with Gasteiger partial charge in [0.2, 0.25) is 0 Å². The first-order valence-corrected chi connectivity index (χ1v) is 10.5. The number of ether oxygens (including phenoxy) is 1. The van der Waals surface area contributed by atoms with Gasteiger partial charge in [-0.25, -0.2) is 9.79 Å². The maximum absolute atomic E-state index is 12.8. The Morgan fingerprint density at radius 2 is 1.53 bits per heavy atom. The van der Waals surface area contributed by atoms with E-state index in [1.165, 1.54) is 0 Å². The van der Waals surface area contributed by atoms with Crippen LogP contribution in [0.25, 0.3) is 0 Å². The van der Waals surface area contributed by atoms with Crippen LogP contribution in [0.3, 0.4) is 0 Å². The van der Waals surface area contributed by atoms with Crippen molar-refractivity contribution in [2.45, 2.75) is 0 Å². The lowest BCUT2D eigenvalue weighted by Crippen LogP contribution is -2.49. The minimum absolute atomic E-state index is 0.00884. The van der Waals surface area contributed by atoms with Crippen molar-refractivity contribution in [3.8, 4) is 5.75 Å². The Morgan fingerprint density at radius 3 is 2.09 bits per heavy atom. The summed E-state index contributed by atoms with van der Waals surface area (Å²) in [7, 11) is 4.12. The molecule has 2 aromatic rings. The lowest BCUT2D eigenvalue weighted by Gasteiger charge is -2.35. The molecule has 1 saturated heterocycles. The van der Waals surface area contributed by atoms with E-state index in [0.717, 1.165) is 26.2 Å². The minimum Gasteiger partial charge on any atom is -0.423 e. The van der Waals surface area contributed by atoms with Gasteiger partial charge in [-0.1, -0.05) is 0 Å². The van der Waals surface area contributed by atoms with Gasteiger partial charge in [0.25, 0.3) is 5.91 Å². The lowest BCUT2D eigenvalue weighted by molar-refractivity contribution is 0.0629. The number of nitrogens with two attached hydrogens (primary N) is 2. The van der Waals surface area contributed by atoms with Crippen molar-refractivity contribution in [1.82, 2.24) is 14.7 Å². The Kier molecular flexibility index (Phi) is 7.80. The molecule has 9 nitrogen and oxygen atoms in total. The van der Waals surface area contributed by atoms with Crippen molar-refractivity contribution in [2.24, 2.45) is 16.5 Å². The molecule has 32 heavy (non-hydrogen) atoms. The third-order valence-corrected chi connectivity index (χ3v) is 5.20. The van der Waals surface area contributed by atoms with E-state index >= 15 is 0 Å². The maximum atomic E-state index is 12.8. The molecule has 0 atom stereocenters. The van der Waals surface area contributed by atoms with Gasteiger partial charge in [0.05, 0.1) is 11.3 Å². The summed E-state index contributed by atoms with van der Waals surface area (Å²) in [5.41, 5.74) is 12.2. The molecule has 0 unspecified atom stereocenters. The first kappa shape index (κ1) is 23.2. The molecular weight excluding hydrogens is 408 g/mol. The standard InChI is InChI=1S/C23H30N6O3/c1-27(2)11-12-28-13-15-29(16-14-28)21(30)17-5-9-20(10-6-17)32-22(31)18-3-7-19(8-4-18)26-23(24)25/h3-10H,11-16H2,1-2H3,(H4,24,25,26). The Hall–Kier alpha value is -3.43. The number of piperazine rings is 1. The van der Waals surface area contributed by atoms with Crippen LogP contribution in [-0.2, 0) is 0 Å². The third-order valence-electron chi connectivity index (χ3n) is 5.20. The van der Waals surface area contributed by atoms with Crippen LogP contribution in [0.2, 0.25) is 0 Å². The summed E-state index contributed by atoms with van der Waals surface area (Å²) >= 11 is 0. The fourth-order valence-electron chi connectivity index (χ4n) is 3.35. The van der Waals surface area contributed by atoms with Crippen molar-refractivity contribution in [3.05, 3.63) is 59.7 Å². The number of aliphatic imine (C=N–C) groups is 1. The first-order valence-electron chi connectivity index (χ1n) is 10.5. The molecule has 2 aromatic carbocycles. The number of carbonyl (C=O) groups excluding carboxylic acids is 2. The van der Waals surface area contributed by atoms with Gasteiger partial charge < -0.3 is 26.0 Å². The number of guanidine groups is 1. The van der Waals surface area contributed by atoms with Crippen LogP contribution in [0.1, 0.15) is 20.7 Å². The molecule has 0 aliphatic carbocycles. The van der Waals surface area contributed by atoms with E-state index in [0.29, 0.717) is 35.7 Å². The fraction of sp³-hybridized carbons (Fsp3) is 0.348. The zero-order chi connectivity index (χ0) is 23.1. The van der Waals surface area contributed by atoms with Crippen molar-refractivity contribution in [3.63, 3.8) is 0 Å². The molecule has 0 radical (unpaired) electrons. The fourth-order valence-corrected chi connectivity index (χ4v) is 3.35. The molecule has 4 N–H and O–H groups in total. The zero-order valence-electron chi connectivity index (χ0n) is 18.5. The number of rotatable bonds is 7. The molecule has 170 valence electrons. The Labute approximate surface area is 188 Å². The van der Waals surface area contributed by atoms with Crippen molar-refractivity contribution < 1.29 is 14.3 Å². The summed E-state index contributed by atoms with van der Waals surface area (Å²) < 4.78 is 5.40. The number of hydrogen-bond donors (Lipinski definition) is 2. The minimum atomic E-state index is -0.505. The normalized spacial score (nSPS) is 14.3. The Balaban J connectivity index is 1.53. The summed E-state index contributed by atoms with van der Waals surface area (Å²) in [4.78, 5) is 35.5. The highest BCUT2D eigenvalue weighted by Gasteiger charge is 2.22. The number of carbonyl (C=O) groups is 2. The average Bonchev–Trinajstić information content (AvgIpc) is 2.78. The van der Waals surface area contributed by atoms with Gasteiger partial charge in [-0.05, 0) is 62.6 Å². The predicted molar refractivity (Wildman–Crippen MR) is 124 cm³/mol. The highest BCUT2D eigenvalue weighted by Crippen LogP contribution is 2.18. The number of benzene rings is 2. The largest absolute Gasteiger partial charge is 0.423 e. The van der Waals surface area contributed by atoms with Crippen LogP contribution in [0.4, 0.5) is 5.69 Å². The maximum Gasteiger partial charge on any atom is 0.343 e. The van der Waals surface area contributed by atoms with Crippen LogP contribution in [0.5, 0.6) is 5.75 Å². The smallest absolute Gasteiger partial charge is 0.343 e. The number of esters is 1. The summed E-state index contributed by atoms with van der Waals surface area (Å²) in [6, 6.07) is 13.0. The number of amides is 1. The second kappa shape index (κ2) is 10.7. The van der Waals surface area contributed by atoms with E-state index in [9.17, 15) is 9.59 Å². The molecule has 1 aliphatic rings. The van der Waals surface area contributed by atoms with Crippen LogP contribution in [0.15, 0.2) is 53.5 Å². The van der Waals surface area contributed by atoms with Gasteiger partial charge in [-0.15, -0.1) is 0 Å². The second-order valence-electron chi connectivity index (χ2n) is 7.93. The van der Waals surface area contributed by atoms with Crippen molar-refractivity contribution in [1.29, 1.82) is 0 Å². The lowest BCUT2D eigenvalue weighted by atomic mass is 10.1. The predicted octanol–water partition coefficient (Wildman–Crippen LogP) is 1.13. The molecule has 0 bridgehead atoms. The summed E-state index contributed by atoms with van der Waals surface area (Å²) in [6.07, 6.45) is 0. The molecular formula is C23H30N6O3. The van der Waals surface area contributed by atoms with E-state index in [2.05, 4.69) is 28.9 Å². The molecule has 1 amide bonds. The van der Waals surface area contributed by atoms with E-state index in [-0.39, 0.29) is 11.9 Å². The Bertz CT molecular complexity index is 945. The van der Waals surface area contributed by atoms with Crippen molar-refractivity contribution in [2.75, 3.05) is 53.4 Å². The molecule has 3 rings (SSSR count). The Morgan fingerprint density at radius 1 is 0.938 bits per heavy atom. The van der Waals surface area contributed by atoms with Gasteiger partial charge in [0.1, 0.15) is 5.75 Å². The van der Waals surface area contributed by atoms with Crippen LogP contribution >= 0.6 is 0 Å². The van der Waals surface area contributed by atoms with Crippen LogP contribution < -0.4 is 16.2 Å². The third kappa shape index (κ3) is 6.53. The number of likely N-dealkylation sites (N-methyl/N-ethyl adjacent to an activating group) is 1. The first-order chi connectivity index (χ1) is 15.3. The van der Waals surface area contributed by atoms with Gasteiger partial charge in [0.15, 0.2) is 5.96 Å². The summed E-state index contributed by atoms with van der Waals surface area (Å²) in [5, 5.41) is 0. The SMILES string of the molecule is CN(C)CCN1CCN(C(=O)c2ccc(OC(=O)c3ccc(N=C(N)N)cc3)cc2)CC1. The van der Waals surface area contributed by atoms with E-state index in [1.54, 1.807) is 48.5 Å². The quantitative estimate of drug-likeness (QED) is 0.288. The monoisotopic (exact) mass is 438 g/mol. The average molecular weight is 439 g/mol. The van der Waals surface area contributed by atoms with E-state index < -0.39 is 5.97 Å². The van der Waals surface area contributed by atoms with Crippen LogP contribution in [0, 0.1) is 0 Å². The molecule has 0 aromatic heterocycles. The second-order valence-corrected chi connectivity index (χ2v) is 7.93. The topological polar surface area (TPSA) is 117 Å². The molecule has 0 saturated carbocycles. The number of nitrogens with zero attached hydrogens (tertiary/aromatic N) is 4. The highest BCUT2D eigenvalue weighted by molar-refractivity contribution is 5.95. The van der Waals surface area contributed by atoms with Crippen molar-refractivity contribution >= 4 is 23.5 Å². The molecule has 1 aliphatic heterocycles. The van der Waals surface area contributed by atoms with Crippen LogP contribution in [-0.4, -0.2) is 85.9 Å². The zero-order valence-corrected chi connectivity index (χ0v) is 18.5. The van der Waals surface area contributed by atoms with E-state index in [1.807, 2.05) is 4.90 Å². The van der Waals surface area contributed by atoms with Gasteiger partial charge in [-0.3, -0.25) is 9.69 Å². The molecule has 0 spiro atoms. The highest BCUT2D eigenvalue weighted by atomic mass is 16.5. The summed E-state index contributed by atoms with van der Waals surface area (Å²) in [5.74, 6) is -0.200.